The Morgan fingerprint density at radius 2 is 1.64 bits per heavy atom. The number of hydrogen-bond acceptors (Lipinski definition) is 4. The van der Waals surface area contributed by atoms with Gasteiger partial charge in [-0.3, -0.25) is 4.79 Å². The van der Waals surface area contributed by atoms with E-state index in [-0.39, 0.29) is 16.3 Å². The molecule has 0 saturated carbocycles. The minimum Gasteiger partial charge on any atom is -0.322 e. The number of nitrogens with zero attached hydrogens (tertiary/aromatic N) is 2. The highest BCUT2D eigenvalue weighted by atomic mass is 32.2. The van der Waals surface area contributed by atoms with E-state index in [0.29, 0.717) is 4.68 Å². The molecule has 0 unspecified atom stereocenters. The van der Waals surface area contributed by atoms with Crippen molar-refractivity contribution in [2.24, 2.45) is 0 Å². The summed E-state index contributed by atoms with van der Waals surface area (Å²) in [6, 6.07) is 12.7. The first-order valence-corrected chi connectivity index (χ1v) is 9.78. The minimum atomic E-state index is -4.82. The highest BCUT2D eigenvalue weighted by molar-refractivity contribution is 7.90. The highest BCUT2D eigenvalue weighted by Crippen LogP contribution is 2.34. The molecule has 146 valence electrons. The molecule has 0 radical (unpaired) electrons. The van der Waals surface area contributed by atoms with Crippen LogP contribution in [0.25, 0.3) is 5.69 Å². The number of alkyl halides is 3. The third kappa shape index (κ3) is 4.06. The van der Waals surface area contributed by atoms with Crippen LogP contribution in [0.3, 0.4) is 0 Å². The van der Waals surface area contributed by atoms with Gasteiger partial charge >= 0.3 is 6.18 Å². The van der Waals surface area contributed by atoms with Crippen molar-refractivity contribution in [2.45, 2.75) is 11.1 Å². The number of sulfone groups is 1. The summed E-state index contributed by atoms with van der Waals surface area (Å²) in [5.41, 5.74) is -1.54. The first kappa shape index (κ1) is 19.6. The first-order valence-electron chi connectivity index (χ1n) is 7.89. The lowest BCUT2D eigenvalue weighted by atomic mass is 10.2. The fourth-order valence-corrected chi connectivity index (χ4v) is 3.17. The molecule has 1 heterocycles. The van der Waals surface area contributed by atoms with Gasteiger partial charge in [-0.25, -0.2) is 13.1 Å². The van der Waals surface area contributed by atoms with E-state index in [1.807, 2.05) is 0 Å². The van der Waals surface area contributed by atoms with Crippen molar-refractivity contribution in [1.29, 1.82) is 0 Å². The molecule has 0 fully saturated rings. The number of rotatable bonds is 4. The summed E-state index contributed by atoms with van der Waals surface area (Å²) in [6.45, 7) is 0. The maximum Gasteiger partial charge on any atom is 0.434 e. The van der Waals surface area contributed by atoms with Gasteiger partial charge in [-0.2, -0.15) is 18.3 Å². The normalized spacial score (nSPS) is 12.0. The van der Waals surface area contributed by atoms with Gasteiger partial charge in [0.25, 0.3) is 5.91 Å². The number of benzene rings is 2. The monoisotopic (exact) mass is 409 g/mol. The predicted molar refractivity (Wildman–Crippen MR) is 96.1 cm³/mol. The Labute approximate surface area is 158 Å². The van der Waals surface area contributed by atoms with Crippen molar-refractivity contribution < 1.29 is 26.4 Å². The Morgan fingerprint density at radius 3 is 2.18 bits per heavy atom. The molecule has 0 aliphatic heterocycles. The number of anilines is 1. The van der Waals surface area contributed by atoms with E-state index >= 15 is 0 Å². The molecular weight excluding hydrogens is 395 g/mol. The van der Waals surface area contributed by atoms with Gasteiger partial charge in [-0.05, 0) is 36.4 Å². The largest absolute Gasteiger partial charge is 0.434 e. The molecule has 1 aromatic heterocycles. The van der Waals surface area contributed by atoms with E-state index in [1.165, 1.54) is 36.4 Å². The Morgan fingerprint density at radius 1 is 1.04 bits per heavy atom. The van der Waals surface area contributed by atoms with Crippen LogP contribution < -0.4 is 5.32 Å². The average Bonchev–Trinajstić information content (AvgIpc) is 3.08. The van der Waals surface area contributed by atoms with E-state index in [2.05, 4.69) is 10.4 Å². The van der Waals surface area contributed by atoms with E-state index in [4.69, 9.17) is 0 Å². The van der Waals surface area contributed by atoms with Crippen LogP contribution in [0.2, 0.25) is 0 Å². The average molecular weight is 409 g/mol. The molecule has 28 heavy (non-hydrogen) atoms. The zero-order valence-electron chi connectivity index (χ0n) is 14.4. The summed E-state index contributed by atoms with van der Waals surface area (Å²) in [7, 11) is -3.43. The lowest BCUT2D eigenvalue weighted by Crippen LogP contribution is -2.20. The van der Waals surface area contributed by atoms with Gasteiger partial charge in [0.15, 0.2) is 15.5 Å². The molecule has 0 spiro atoms. The fraction of sp³-hybridized carbons (Fsp3) is 0.111. The van der Waals surface area contributed by atoms with Crippen molar-refractivity contribution in [2.75, 3.05) is 11.6 Å². The summed E-state index contributed by atoms with van der Waals surface area (Å²) in [5.74, 6) is -1.01. The lowest BCUT2D eigenvalue weighted by Gasteiger charge is -2.13. The number of para-hydroxylation sites is 1. The fourth-order valence-electron chi connectivity index (χ4n) is 2.54. The summed E-state index contributed by atoms with van der Waals surface area (Å²) < 4.78 is 64.4. The maximum atomic E-state index is 13.6. The molecular formula is C18H14F3N3O3S. The third-order valence-corrected chi connectivity index (χ3v) is 4.95. The smallest absolute Gasteiger partial charge is 0.322 e. The van der Waals surface area contributed by atoms with Crippen LogP contribution in [0.4, 0.5) is 18.9 Å². The summed E-state index contributed by atoms with van der Waals surface area (Å²) in [6.07, 6.45) is -2.96. The lowest BCUT2D eigenvalue weighted by molar-refractivity contribution is -0.143. The quantitative estimate of drug-likeness (QED) is 0.715. The second-order valence-electron chi connectivity index (χ2n) is 5.90. The van der Waals surface area contributed by atoms with Gasteiger partial charge in [-0.1, -0.05) is 18.2 Å². The molecule has 3 rings (SSSR count). The standard InChI is InChI=1S/C18H14F3N3O3S/c1-28(26,27)14-9-7-12(8-10-14)23-17(25)15-11-22-24(16(15)18(19,20)21)13-5-3-2-4-6-13/h2-11H,1H3,(H,23,25). The van der Waals surface area contributed by atoms with Crippen LogP contribution in [0.1, 0.15) is 16.1 Å². The Balaban J connectivity index is 1.95. The molecule has 0 atom stereocenters. The predicted octanol–water partition coefficient (Wildman–Crippen LogP) is 3.55. The zero-order valence-corrected chi connectivity index (χ0v) is 15.3. The molecule has 10 heteroatoms. The van der Waals surface area contributed by atoms with Gasteiger partial charge < -0.3 is 5.32 Å². The van der Waals surface area contributed by atoms with Crippen LogP contribution in [-0.2, 0) is 16.0 Å². The van der Waals surface area contributed by atoms with E-state index < -0.39 is 33.2 Å². The van der Waals surface area contributed by atoms with Gasteiger partial charge in [0.05, 0.1) is 22.3 Å². The number of halogens is 3. The molecule has 1 N–H and O–H groups in total. The SMILES string of the molecule is CS(=O)(=O)c1ccc(NC(=O)c2cnn(-c3ccccc3)c2C(F)(F)F)cc1. The van der Waals surface area contributed by atoms with Crippen LogP contribution in [0.15, 0.2) is 65.7 Å². The molecule has 2 aromatic carbocycles. The number of carbonyl (C=O) groups excluding carboxylic acids is 1. The minimum absolute atomic E-state index is 0.0263. The first-order chi connectivity index (χ1) is 13.1. The summed E-state index contributed by atoms with van der Waals surface area (Å²) >= 11 is 0. The van der Waals surface area contributed by atoms with Gasteiger partial charge in [0.2, 0.25) is 0 Å². The van der Waals surface area contributed by atoms with Crippen molar-refractivity contribution in [3.63, 3.8) is 0 Å². The molecule has 3 aromatic rings. The molecule has 0 aliphatic carbocycles. The van der Waals surface area contributed by atoms with Crippen LogP contribution in [-0.4, -0.2) is 30.4 Å². The van der Waals surface area contributed by atoms with Crippen molar-refractivity contribution >= 4 is 21.4 Å². The Bertz CT molecular complexity index is 1110. The van der Waals surface area contributed by atoms with Crippen LogP contribution in [0.5, 0.6) is 0 Å². The highest BCUT2D eigenvalue weighted by Gasteiger charge is 2.40. The maximum absolute atomic E-state index is 13.6. The van der Waals surface area contributed by atoms with Crippen LogP contribution in [0, 0.1) is 0 Å². The van der Waals surface area contributed by atoms with Crippen LogP contribution >= 0.6 is 0 Å². The Hall–Kier alpha value is -3.14. The molecule has 0 aliphatic rings. The number of aromatic nitrogens is 2. The summed E-state index contributed by atoms with van der Waals surface area (Å²) in [5, 5.41) is 6.05. The van der Waals surface area contributed by atoms with Gasteiger partial charge in [0, 0.05) is 11.9 Å². The second-order valence-corrected chi connectivity index (χ2v) is 7.92. The third-order valence-electron chi connectivity index (χ3n) is 3.82. The van der Waals surface area contributed by atoms with Gasteiger partial charge in [0.1, 0.15) is 0 Å². The second kappa shape index (κ2) is 7.12. The van der Waals surface area contributed by atoms with Crippen molar-refractivity contribution in [1.82, 2.24) is 9.78 Å². The van der Waals surface area contributed by atoms with E-state index in [9.17, 15) is 26.4 Å². The molecule has 6 nitrogen and oxygen atoms in total. The van der Waals surface area contributed by atoms with E-state index in [0.717, 1.165) is 12.5 Å². The topological polar surface area (TPSA) is 81.1 Å². The van der Waals surface area contributed by atoms with E-state index in [1.54, 1.807) is 18.2 Å². The van der Waals surface area contributed by atoms with Crippen molar-refractivity contribution in [3.05, 3.63) is 72.1 Å². The Kier molecular flexibility index (Phi) is 4.99. The number of carbonyl (C=O) groups is 1. The zero-order chi connectivity index (χ0) is 20.5. The van der Waals surface area contributed by atoms with Gasteiger partial charge in [-0.15, -0.1) is 0 Å². The summed E-state index contributed by atoms with van der Waals surface area (Å²) in [4.78, 5) is 12.5. The molecule has 0 saturated heterocycles. The number of amides is 1. The molecule has 0 bridgehead atoms. The van der Waals surface area contributed by atoms with Crippen molar-refractivity contribution in [3.8, 4) is 5.69 Å². The molecule has 1 amide bonds. The number of hydrogen-bond donors (Lipinski definition) is 1. The number of nitrogens with one attached hydrogen (secondary N) is 1.